The third kappa shape index (κ3) is 4.96. The zero-order chi connectivity index (χ0) is 11.1. The van der Waals surface area contributed by atoms with Gasteiger partial charge in [-0.2, -0.15) is 0 Å². The molecule has 0 aliphatic heterocycles. The molecule has 0 saturated heterocycles. The molecule has 1 fully saturated rings. The van der Waals surface area contributed by atoms with E-state index in [1.54, 1.807) is 0 Å². The summed E-state index contributed by atoms with van der Waals surface area (Å²) in [7, 11) is 4.28. The van der Waals surface area contributed by atoms with Gasteiger partial charge in [-0.15, -0.1) is 0 Å². The maximum Gasteiger partial charge on any atom is 0.0113 e. The van der Waals surface area contributed by atoms with Crippen LogP contribution in [0.3, 0.4) is 0 Å². The number of likely N-dealkylation sites (N-methyl/N-ethyl adjacent to an activating group) is 1. The Morgan fingerprint density at radius 1 is 1.00 bits per heavy atom. The minimum atomic E-state index is 0.796. The van der Waals surface area contributed by atoms with Crippen molar-refractivity contribution in [1.82, 2.24) is 9.80 Å². The van der Waals surface area contributed by atoms with E-state index in [0.717, 1.165) is 25.7 Å². The first kappa shape index (κ1) is 12.9. The molecule has 1 rings (SSSR count). The summed E-state index contributed by atoms with van der Waals surface area (Å²) in [4.78, 5) is 4.85. The second kappa shape index (κ2) is 7.20. The Morgan fingerprint density at radius 3 is 2.20 bits per heavy atom. The van der Waals surface area contributed by atoms with E-state index in [9.17, 15) is 0 Å². The quantitative estimate of drug-likeness (QED) is 0.718. The van der Waals surface area contributed by atoms with Gasteiger partial charge in [0.2, 0.25) is 0 Å². The lowest BCUT2D eigenvalue weighted by Gasteiger charge is -2.34. The lowest BCUT2D eigenvalue weighted by Crippen LogP contribution is -2.43. The van der Waals surface area contributed by atoms with Crippen molar-refractivity contribution in [3.63, 3.8) is 0 Å². The SMILES string of the molecule is CN(C)CCN(CCN)C1CCCCC1. The molecule has 3 heteroatoms. The highest BCUT2D eigenvalue weighted by Crippen LogP contribution is 2.22. The van der Waals surface area contributed by atoms with Crippen molar-refractivity contribution in [2.24, 2.45) is 5.73 Å². The number of hydrogen-bond acceptors (Lipinski definition) is 3. The minimum Gasteiger partial charge on any atom is -0.329 e. The summed E-state index contributed by atoms with van der Waals surface area (Å²) in [5.41, 5.74) is 5.69. The Bertz CT molecular complexity index is 153. The summed E-state index contributed by atoms with van der Waals surface area (Å²) in [6.07, 6.45) is 7.02. The van der Waals surface area contributed by atoms with Crippen LogP contribution in [0.1, 0.15) is 32.1 Å². The van der Waals surface area contributed by atoms with Gasteiger partial charge in [0.05, 0.1) is 0 Å². The normalized spacial score (nSPS) is 19.0. The molecule has 1 aliphatic carbocycles. The first-order chi connectivity index (χ1) is 7.24. The van der Waals surface area contributed by atoms with Crippen LogP contribution < -0.4 is 5.73 Å². The van der Waals surface area contributed by atoms with Gasteiger partial charge in [0.15, 0.2) is 0 Å². The standard InChI is InChI=1S/C12H27N3/c1-14(2)10-11-15(9-8-13)12-6-4-3-5-7-12/h12H,3-11,13H2,1-2H3. The molecule has 0 amide bonds. The fourth-order valence-electron chi connectivity index (χ4n) is 2.42. The third-order valence-electron chi connectivity index (χ3n) is 3.34. The maximum atomic E-state index is 5.69. The van der Waals surface area contributed by atoms with Crippen LogP contribution in [0.5, 0.6) is 0 Å². The van der Waals surface area contributed by atoms with E-state index >= 15 is 0 Å². The third-order valence-corrected chi connectivity index (χ3v) is 3.34. The van der Waals surface area contributed by atoms with Crippen LogP contribution in [0.2, 0.25) is 0 Å². The second-order valence-corrected chi connectivity index (χ2v) is 4.92. The molecule has 0 heterocycles. The van der Waals surface area contributed by atoms with Crippen molar-refractivity contribution in [2.45, 2.75) is 38.1 Å². The minimum absolute atomic E-state index is 0.796. The molecule has 1 aliphatic rings. The van der Waals surface area contributed by atoms with Gasteiger partial charge in [-0.3, -0.25) is 4.90 Å². The molecule has 0 spiro atoms. The Morgan fingerprint density at radius 2 is 1.67 bits per heavy atom. The van der Waals surface area contributed by atoms with E-state index in [4.69, 9.17) is 5.73 Å². The number of nitrogens with zero attached hydrogens (tertiary/aromatic N) is 2. The molecular formula is C12H27N3. The van der Waals surface area contributed by atoms with Crippen molar-refractivity contribution >= 4 is 0 Å². The average molecular weight is 213 g/mol. The number of nitrogens with two attached hydrogens (primary N) is 1. The summed E-state index contributed by atoms with van der Waals surface area (Å²) < 4.78 is 0. The van der Waals surface area contributed by atoms with E-state index in [1.807, 2.05) is 0 Å². The summed E-state index contributed by atoms with van der Waals surface area (Å²) in [6, 6.07) is 0.808. The van der Waals surface area contributed by atoms with Crippen molar-refractivity contribution in [3.05, 3.63) is 0 Å². The van der Waals surface area contributed by atoms with Crippen LogP contribution in [-0.2, 0) is 0 Å². The highest BCUT2D eigenvalue weighted by molar-refractivity contribution is 4.76. The second-order valence-electron chi connectivity index (χ2n) is 4.92. The summed E-state index contributed by atoms with van der Waals surface area (Å²) in [6.45, 7) is 4.19. The molecule has 90 valence electrons. The van der Waals surface area contributed by atoms with E-state index in [0.29, 0.717) is 0 Å². The van der Waals surface area contributed by atoms with Gasteiger partial charge in [-0.1, -0.05) is 19.3 Å². The van der Waals surface area contributed by atoms with Crippen LogP contribution >= 0.6 is 0 Å². The highest BCUT2D eigenvalue weighted by atomic mass is 15.2. The lowest BCUT2D eigenvalue weighted by atomic mass is 9.94. The molecule has 2 N–H and O–H groups in total. The predicted octanol–water partition coefficient (Wildman–Crippen LogP) is 1.14. The zero-order valence-electron chi connectivity index (χ0n) is 10.4. The fourth-order valence-corrected chi connectivity index (χ4v) is 2.42. The first-order valence-electron chi connectivity index (χ1n) is 6.33. The van der Waals surface area contributed by atoms with E-state index < -0.39 is 0 Å². The first-order valence-corrected chi connectivity index (χ1v) is 6.33. The average Bonchev–Trinajstić information content (AvgIpc) is 2.25. The predicted molar refractivity (Wildman–Crippen MR) is 66.1 cm³/mol. The van der Waals surface area contributed by atoms with Crippen LogP contribution in [0.25, 0.3) is 0 Å². The molecule has 0 aromatic rings. The van der Waals surface area contributed by atoms with Gasteiger partial charge in [-0.25, -0.2) is 0 Å². The molecule has 3 nitrogen and oxygen atoms in total. The van der Waals surface area contributed by atoms with Crippen LogP contribution in [0.4, 0.5) is 0 Å². The number of rotatable bonds is 6. The lowest BCUT2D eigenvalue weighted by molar-refractivity contribution is 0.148. The molecule has 0 aromatic heterocycles. The molecule has 0 atom stereocenters. The van der Waals surface area contributed by atoms with Crippen molar-refractivity contribution in [2.75, 3.05) is 40.3 Å². The van der Waals surface area contributed by atoms with Gasteiger partial charge >= 0.3 is 0 Å². The van der Waals surface area contributed by atoms with Gasteiger partial charge in [0, 0.05) is 32.2 Å². The van der Waals surface area contributed by atoms with Gasteiger partial charge < -0.3 is 10.6 Å². The Balaban J connectivity index is 2.33. The molecule has 0 bridgehead atoms. The van der Waals surface area contributed by atoms with Crippen molar-refractivity contribution in [3.8, 4) is 0 Å². The molecule has 0 radical (unpaired) electrons. The monoisotopic (exact) mass is 213 g/mol. The van der Waals surface area contributed by atoms with Crippen LogP contribution in [0.15, 0.2) is 0 Å². The van der Waals surface area contributed by atoms with E-state index in [1.165, 1.54) is 38.6 Å². The fraction of sp³-hybridized carbons (Fsp3) is 1.00. The molecule has 1 saturated carbocycles. The van der Waals surface area contributed by atoms with Crippen molar-refractivity contribution < 1.29 is 0 Å². The molecule has 0 aromatic carbocycles. The largest absolute Gasteiger partial charge is 0.329 e. The Labute approximate surface area is 94.6 Å². The Hall–Kier alpha value is -0.120. The summed E-state index contributed by atoms with van der Waals surface area (Å²) >= 11 is 0. The molecule has 15 heavy (non-hydrogen) atoms. The smallest absolute Gasteiger partial charge is 0.0113 e. The zero-order valence-corrected chi connectivity index (χ0v) is 10.4. The molecule has 0 unspecified atom stereocenters. The van der Waals surface area contributed by atoms with E-state index in [2.05, 4.69) is 23.9 Å². The van der Waals surface area contributed by atoms with Gasteiger partial charge in [0.1, 0.15) is 0 Å². The summed E-state index contributed by atoms with van der Waals surface area (Å²) in [5, 5.41) is 0. The van der Waals surface area contributed by atoms with Crippen LogP contribution in [-0.4, -0.2) is 56.1 Å². The molecular weight excluding hydrogens is 186 g/mol. The van der Waals surface area contributed by atoms with Gasteiger partial charge in [0.25, 0.3) is 0 Å². The van der Waals surface area contributed by atoms with Crippen molar-refractivity contribution in [1.29, 1.82) is 0 Å². The van der Waals surface area contributed by atoms with E-state index in [-0.39, 0.29) is 0 Å². The maximum absolute atomic E-state index is 5.69. The van der Waals surface area contributed by atoms with Gasteiger partial charge in [-0.05, 0) is 26.9 Å². The topological polar surface area (TPSA) is 32.5 Å². The summed E-state index contributed by atoms with van der Waals surface area (Å²) in [5.74, 6) is 0. The van der Waals surface area contributed by atoms with Crippen LogP contribution in [0, 0.1) is 0 Å². The highest BCUT2D eigenvalue weighted by Gasteiger charge is 2.19. The Kier molecular flexibility index (Phi) is 6.22. The number of hydrogen-bond donors (Lipinski definition) is 1.